The second kappa shape index (κ2) is 4.66. The van der Waals surface area contributed by atoms with E-state index in [2.05, 4.69) is 0 Å². The Labute approximate surface area is 93.7 Å². The van der Waals surface area contributed by atoms with Gasteiger partial charge in [0, 0.05) is 5.56 Å². The largest absolute Gasteiger partial charge is 0.497 e. The number of hydrogen-bond acceptors (Lipinski definition) is 3. The van der Waals surface area contributed by atoms with Gasteiger partial charge < -0.3 is 9.15 Å². The molecule has 0 radical (unpaired) electrons. The van der Waals surface area contributed by atoms with Crippen LogP contribution in [-0.4, -0.2) is 12.9 Å². The third-order valence-corrected chi connectivity index (χ3v) is 2.33. The van der Waals surface area contributed by atoms with E-state index in [1.165, 1.54) is 0 Å². The van der Waals surface area contributed by atoms with Crippen molar-refractivity contribution in [3.05, 3.63) is 54.0 Å². The van der Waals surface area contributed by atoms with E-state index in [0.717, 1.165) is 5.75 Å². The Kier molecular flexibility index (Phi) is 3.05. The van der Waals surface area contributed by atoms with E-state index in [0.29, 0.717) is 17.7 Å². The van der Waals surface area contributed by atoms with Crippen molar-refractivity contribution in [1.29, 1.82) is 0 Å². The molecule has 1 aromatic carbocycles. The summed E-state index contributed by atoms with van der Waals surface area (Å²) < 4.78 is 10.1. The van der Waals surface area contributed by atoms with E-state index >= 15 is 0 Å². The second-order valence-corrected chi connectivity index (χ2v) is 3.41. The molecule has 0 atom stereocenters. The van der Waals surface area contributed by atoms with Gasteiger partial charge in [-0.05, 0) is 36.4 Å². The molecule has 0 N–H and O–H groups in total. The maximum atomic E-state index is 11.8. The lowest BCUT2D eigenvalue weighted by atomic mass is 10.1. The fourth-order valence-corrected chi connectivity index (χ4v) is 1.45. The maximum absolute atomic E-state index is 11.8. The van der Waals surface area contributed by atoms with E-state index in [1.807, 2.05) is 0 Å². The van der Waals surface area contributed by atoms with Crippen molar-refractivity contribution in [3.63, 3.8) is 0 Å². The topological polar surface area (TPSA) is 39.4 Å². The standard InChI is InChI=1S/C13H12O3/c1-15-11-6-4-10(5-7-11)13(14)9-12-3-2-8-16-12/h2-8H,9H2,1H3. The highest BCUT2D eigenvalue weighted by Gasteiger charge is 2.08. The summed E-state index contributed by atoms with van der Waals surface area (Å²) in [7, 11) is 1.60. The molecule has 1 aromatic heterocycles. The number of benzene rings is 1. The molecule has 2 rings (SSSR count). The first-order valence-electron chi connectivity index (χ1n) is 4.99. The number of Topliss-reactive ketones (excluding diaryl/α,β-unsaturated/α-hetero) is 1. The van der Waals surface area contributed by atoms with Crippen LogP contribution in [0.2, 0.25) is 0 Å². The van der Waals surface area contributed by atoms with Gasteiger partial charge in [0.2, 0.25) is 0 Å². The van der Waals surface area contributed by atoms with Crippen LogP contribution in [0.1, 0.15) is 16.1 Å². The van der Waals surface area contributed by atoms with Crippen LogP contribution >= 0.6 is 0 Å². The van der Waals surface area contributed by atoms with Crippen LogP contribution in [0.5, 0.6) is 5.75 Å². The van der Waals surface area contributed by atoms with Crippen LogP contribution in [0.4, 0.5) is 0 Å². The summed E-state index contributed by atoms with van der Waals surface area (Å²) in [5.74, 6) is 1.47. The van der Waals surface area contributed by atoms with E-state index in [1.54, 1.807) is 49.8 Å². The molecule has 0 fully saturated rings. The van der Waals surface area contributed by atoms with E-state index < -0.39 is 0 Å². The lowest BCUT2D eigenvalue weighted by Gasteiger charge is -2.01. The van der Waals surface area contributed by atoms with Gasteiger partial charge >= 0.3 is 0 Å². The third-order valence-electron chi connectivity index (χ3n) is 2.33. The first-order chi connectivity index (χ1) is 7.79. The summed E-state index contributed by atoms with van der Waals surface area (Å²) in [4.78, 5) is 11.8. The Balaban J connectivity index is 2.09. The first-order valence-corrected chi connectivity index (χ1v) is 4.99. The number of carbonyl (C=O) groups excluding carboxylic acids is 1. The normalized spacial score (nSPS) is 10.1. The number of carbonyl (C=O) groups is 1. The van der Waals surface area contributed by atoms with Crippen molar-refractivity contribution in [2.75, 3.05) is 7.11 Å². The molecule has 0 aliphatic carbocycles. The average Bonchev–Trinajstić information content (AvgIpc) is 2.82. The number of ketones is 1. The van der Waals surface area contributed by atoms with Crippen molar-refractivity contribution in [1.82, 2.24) is 0 Å². The molecule has 3 nitrogen and oxygen atoms in total. The van der Waals surface area contributed by atoms with Crippen LogP contribution in [0.25, 0.3) is 0 Å². The third kappa shape index (κ3) is 2.31. The summed E-state index contributed by atoms with van der Waals surface area (Å²) >= 11 is 0. The van der Waals surface area contributed by atoms with Crippen molar-refractivity contribution >= 4 is 5.78 Å². The van der Waals surface area contributed by atoms with Gasteiger partial charge in [-0.15, -0.1) is 0 Å². The summed E-state index contributed by atoms with van der Waals surface area (Å²) in [6.45, 7) is 0. The SMILES string of the molecule is COc1ccc(C(=O)Cc2ccco2)cc1. The van der Waals surface area contributed by atoms with Gasteiger partial charge in [-0.25, -0.2) is 0 Å². The van der Waals surface area contributed by atoms with Crippen LogP contribution < -0.4 is 4.74 Å². The smallest absolute Gasteiger partial charge is 0.170 e. The molecule has 0 saturated carbocycles. The molecule has 0 aliphatic rings. The first kappa shape index (κ1) is 10.5. The Morgan fingerprint density at radius 3 is 2.56 bits per heavy atom. The maximum Gasteiger partial charge on any atom is 0.170 e. The van der Waals surface area contributed by atoms with Crippen molar-refractivity contribution < 1.29 is 13.9 Å². The molecule has 0 bridgehead atoms. The molecule has 3 heteroatoms. The Hall–Kier alpha value is -2.03. The zero-order chi connectivity index (χ0) is 11.4. The quantitative estimate of drug-likeness (QED) is 0.737. The minimum Gasteiger partial charge on any atom is -0.497 e. The fourth-order valence-electron chi connectivity index (χ4n) is 1.45. The summed E-state index contributed by atoms with van der Waals surface area (Å²) in [6, 6.07) is 10.6. The zero-order valence-corrected chi connectivity index (χ0v) is 8.97. The molecule has 0 aliphatic heterocycles. The Morgan fingerprint density at radius 1 is 1.25 bits per heavy atom. The predicted octanol–water partition coefficient (Wildman–Crippen LogP) is 2.71. The van der Waals surface area contributed by atoms with Gasteiger partial charge in [0.25, 0.3) is 0 Å². The Bertz CT molecular complexity index is 454. The number of hydrogen-bond donors (Lipinski definition) is 0. The lowest BCUT2D eigenvalue weighted by molar-refractivity contribution is 0.0987. The van der Waals surface area contributed by atoms with Gasteiger partial charge in [-0.1, -0.05) is 0 Å². The second-order valence-electron chi connectivity index (χ2n) is 3.41. The summed E-state index contributed by atoms with van der Waals surface area (Å²) in [5, 5.41) is 0. The number of methoxy groups -OCH3 is 1. The minimum absolute atomic E-state index is 0.0394. The molecule has 0 unspecified atom stereocenters. The zero-order valence-electron chi connectivity index (χ0n) is 8.97. The Morgan fingerprint density at radius 2 is 2.00 bits per heavy atom. The minimum atomic E-state index is 0.0394. The van der Waals surface area contributed by atoms with Gasteiger partial charge in [0.05, 0.1) is 19.8 Å². The molecule has 1 heterocycles. The molecule has 82 valence electrons. The predicted molar refractivity (Wildman–Crippen MR) is 59.7 cm³/mol. The van der Waals surface area contributed by atoms with Gasteiger partial charge in [0.15, 0.2) is 5.78 Å². The number of rotatable bonds is 4. The van der Waals surface area contributed by atoms with Gasteiger partial charge in [-0.2, -0.15) is 0 Å². The van der Waals surface area contributed by atoms with Crippen LogP contribution in [0, 0.1) is 0 Å². The molecular weight excluding hydrogens is 204 g/mol. The van der Waals surface area contributed by atoms with Crippen molar-refractivity contribution in [3.8, 4) is 5.75 Å². The number of ether oxygens (including phenoxy) is 1. The highest BCUT2D eigenvalue weighted by Crippen LogP contribution is 2.13. The van der Waals surface area contributed by atoms with Crippen LogP contribution in [0.15, 0.2) is 47.1 Å². The molecular formula is C13H12O3. The number of furan rings is 1. The van der Waals surface area contributed by atoms with Crippen molar-refractivity contribution in [2.24, 2.45) is 0 Å². The van der Waals surface area contributed by atoms with Gasteiger partial charge in [0.1, 0.15) is 11.5 Å². The van der Waals surface area contributed by atoms with E-state index in [4.69, 9.17) is 9.15 Å². The summed E-state index contributed by atoms with van der Waals surface area (Å²) in [6.07, 6.45) is 1.86. The molecule has 0 spiro atoms. The van der Waals surface area contributed by atoms with E-state index in [-0.39, 0.29) is 5.78 Å². The lowest BCUT2D eigenvalue weighted by Crippen LogP contribution is -2.02. The molecule has 0 saturated heterocycles. The van der Waals surface area contributed by atoms with Crippen LogP contribution in [0.3, 0.4) is 0 Å². The van der Waals surface area contributed by atoms with Crippen LogP contribution in [-0.2, 0) is 6.42 Å². The molecule has 0 amide bonds. The van der Waals surface area contributed by atoms with E-state index in [9.17, 15) is 4.79 Å². The fraction of sp³-hybridized carbons (Fsp3) is 0.154. The average molecular weight is 216 g/mol. The highest BCUT2D eigenvalue weighted by atomic mass is 16.5. The van der Waals surface area contributed by atoms with Crippen molar-refractivity contribution in [2.45, 2.75) is 6.42 Å². The molecule has 16 heavy (non-hydrogen) atoms. The summed E-state index contributed by atoms with van der Waals surface area (Å²) in [5.41, 5.74) is 0.664. The molecule has 2 aromatic rings. The monoisotopic (exact) mass is 216 g/mol. The highest BCUT2D eigenvalue weighted by molar-refractivity contribution is 5.97. The van der Waals surface area contributed by atoms with Gasteiger partial charge in [-0.3, -0.25) is 4.79 Å².